The molecule has 6 heteroatoms. The maximum Gasteiger partial charge on any atom is 0.227 e. The molecule has 0 radical (unpaired) electrons. The molecule has 3 N–H and O–H groups in total. The van der Waals surface area contributed by atoms with Crippen LogP contribution in [0.1, 0.15) is 6.42 Å². The first-order valence-electron chi connectivity index (χ1n) is 5.60. The Kier molecular flexibility index (Phi) is 3.56. The van der Waals surface area contributed by atoms with Gasteiger partial charge in [-0.1, -0.05) is 15.9 Å². The highest BCUT2D eigenvalue weighted by Crippen LogP contribution is 2.33. The van der Waals surface area contributed by atoms with Crippen LogP contribution in [-0.4, -0.2) is 25.4 Å². The number of hydrogen-bond donors (Lipinski definition) is 2. The van der Waals surface area contributed by atoms with Crippen molar-refractivity contribution in [2.24, 2.45) is 11.7 Å². The van der Waals surface area contributed by atoms with E-state index in [1.165, 1.54) is 0 Å². The van der Waals surface area contributed by atoms with Gasteiger partial charge in [0, 0.05) is 24.5 Å². The highest BCUT2D eigenvalue weighted by molar-refractivity contribution is 9.10. The Morgan fingerprint density at radius 1 is 1.56 bits per heavy atom. The molecule has 1 aliphatic rings. The third-order valence-corrected chi connectivity index (χ3v) is 3.54. The number of nitrogens with one attached hydrogen (secondary N) is 1. The largest absolute Gasteiger partial charge is 0.386 e. The zero-order valence-electron chi connectivity index (χ0n) is 9.94. The average molecular weight is 312 g/mol. The minimum Gasteiger partial charge on any atom is -0.386 e. The zero-order valence-corrected chi connectivity index (χ0v) is 11.5. The fraction of sp³-hybridized carbons (Fsp3) is 0.333. The third kappa shape index (κ3) is 2.33. The maximum atomic E-state index is 11.9. The number of nitrogens with two attached hydrogens (primary N) is 1. The van der Waals surface area contributed by atoms with E-state index in [1.807, 2.05) is 18.2 Å². The van der Waals surface area contributed by atoms with Crippen molar-refractivity contribution in [1.29, 1.82) is 0 Å². The summed E-state index contributed by atoms with van der Waals surface area (Å²) in [5.41, 5.74) is 6.87. The third-order valence-electron chi connectivity index (χ3n) is 3.05. The molecular weight excluding hydrogens is 298 g/mol. The summed E-state index contributed by atoms with van der Waals surface area (Å²) in [7, 11) is 1.79. The average Bonchev–Trinajstić information content (AvgIpc) is 2.71. The van der Waals surface area contributed by atoms with Crippen molar-refractivity contribution in [2.45, 2.75) is 6.42 Å². The van der Waals surface area contributed by atoms with Crippen LogP contribution < -0.4 is 16.0 Å². The Labute approximate surface area is 113 Å². The topological polar surface area (TPSA) is 75.4 Å². The molecular formula is C12H14BrN3O2. The van der Waals surface area contributed by atoms with Gasteiger partial charge in [-0.3, -0.25) is 9.59 Å². The number of nitrogens with zero attached hydrogens (tertiary/aromatic N) is 1. The summed E-state index contributed by atoms with van der Waals surface area (Å²) in [6, 6.07) is 5.62. The van der Waals surface area contributed by atoms with Gasteiger partial charge in [-0.15, -0.1) is 0 Å². The SMILES string of the molecule is CNc1ccc(Br)cc1N1CC(C(N)=O)CC1=O. The van der Waals surface area contributed by atoms with Gasteiger partial charge in [-0.2, -0.15) is 0 Å². The van der Waals surface area contributed by atoms with E-state index in [0.717, 1.165) is 15.8 Å². The van der Waals surface area contributed by atoms with Crippen molar-refractivity contribution in [1.82, 2.24) is 0 Å². The monoisotopic (exact) mass is 311 g/mol. The molecule has 1 unspecified atom stereocenters. The number of carbonyl (C=O) groups excluding carboxylic acids is 2. The molecule has 1 fully saturated rings. The summed E-state index contributed by atoms with van der Waals surface area (Å²) in [5, 5.41) is 3.03. The second-order valence-electron chi connectivity index (χ2n) is 4.22. The van der Waals surface area contributed by atoms with E-state index in [2.05, 4.69) is 21.2 Å². The van der Waals surface area contributed by atoms with E-state index in [-0.39, 0.29) is 12.3 Å². The number of primary amides is 1. The molecule has 0 spiro atoms. The van der Waals surface area contributed by atoms with E-state index in [1.54, 1.807) is 11.9 Å². The minimum absolute atomic E-state index is 0.0756. The lowest BCUT2D eigenvalue weighted by Gasteiger charge is -2.20. The molecule has 1 aromatic rings. The molecule has 0 aliphatic carbocycles. The lowest BCUT2D eigenvalue weighted by Crippen LogP contribution is -2.28. The van der Waals surface area contributed by atoms with E-state index in [0.29, 0.717) is 6.54 Å². The number of hydrogen-bond acceptors (Lipinski definition) is 3. The first-order chi connectivity index (χ1) is 8.52. The summed E-state index contributed by atoms with van der Waals surface area (Å²) in [6.07, 6.45) is 0.186. The van der Waals surface area contributed by atoms with Crippen LogP contribution in [0.4, 0.5) is 11.4 Å². The first kappa shape index (κ1) is 12.9. The normalized spacial score (nSPS) is 19.1. The smallest absolute Gasteiger partial charge is 0.227 e. The zero-order chi connectivity index (χ0) is 13.3. The quantitative estimate of drug-likeness (QED) is 0.884. The van der Waals surface area contributed by atoms with Gasteiger partial charge in [0.1, 0.15) is 0 Å². The van der Waals surface area contributed by atoms with Gasteiger partial charge in [0.05, 0.1) is 17.3 Å². The number of rotatable bonds is 3. The Morgan fingerprint density at radius 2 is 2.28 bits per heavy atom. The molecule has 1 atom stereocenters. The van der Waals surface area contributed by atoms with Gasteiger partial charge in [-0.05, 0) is 18.2 Å². The molecule has 0 saturated carbocycles. The van der Waals surface area contributed by atoms with E-state index in [9.17, 15) is 9.59 Å². The Morgan fingerprint density at radius 3 is 2.83 bits per heavy atom. The maximum absolute atomic E-state index is 11.9. The fourth-order valence-electron chi connectivity index (χ4n) is 2.07. The Hall–Kier alpha value is -1.56. The van der Waals surface area contributed by atoms with Crippen molar-refractivity contribution in [2.75, 3.05) is 23.8 Å². The van der Waals surface area contributed by atoms with Crippen molar-refractivity contribution < 1.29 is 9.59 Å². The first-order valence-corrected chi connectivity index (χ1v) is 6.39. The molecule has 96 valence electrons. The number of amides is 2. The number of benzene rings is 1. The highest BCUT2D eigenvalue weighted by Gasteiger charge is 2.34. The van der Waals surface area contributed by atoms with E-state index >= 15 is 0 Å². The lowest BCUT2D eigenvalue weighted by atomic mass is 10.1. The number of halogens is 1. The molecule has 5 nitrogen and oxygen atoms in total. The van der Waals surface area contributed by atoms with Crippen LogP contribution in [-0.2, 0) is 9.59 Å². The van der Waals surface area contributed by atoms with Crippen LogP contribution in [0.5, 0.6) is 0 Å². The van der Waals surface area contributed by atoms with Crippen molar-refractivity contribution >= 4 is 39.1 Å². The molecule has 1 saturated heterocycles. The van der Waals surface area contributed by atoms with Gasteiger partial charge >= 0.3 is 0 Å². The van der Waals surface area contributed by atoms with E-state index < -0.39 is 11.8 Å². The van der Waals surface area contributed by atoms with Gasteiger partial charge in [-0.25, -0.2) is 0 Å². The van der Waals surface area contributed by atoms with Crippen LogP contribution in [0.2, 0.25) is 0 Å². The molecule has 2 amide bonds. The summed E-state index contributed by atoms with van der Waals surface area (Å²) >= 11 is 3.38. The van der Waals surface area contributed by atoms with Crippen LogP contribution in [0, 0.1) is 5.92 Å². The summed E-state index contributed by atoms with van der Waals surface area (Å²) < 4.78 is 0.881. The molecule has 18 heavy (non-hydrogen) atoms. The van der Waals surface area contributed by atoms with Crippen LogP contribution in [0.25, 0.3) is 0 Å². The molecule has 0 bridgehead atoms. The summed E-state index contributed by atoms with van der Waals surface area (Å²) in [5.74, 6) is -0.901. The van der Waals surface area contributed by atoms with Gasteiger partial charge < -0.3 is 16.0 Å². The highest BCUT2D eigenvalue weighted by atomic mass is 79.9. The van der Waals surface area contributed by atoms with Crippen LogP contribution >= 0.6 is 15.9 Å². The standard InChI is InChI=1S/C12H14BrN3O2/c1-15-9-3-2-8(13)5-10(9)16-6-7(12(14)18)4-11(16)17/h2-3,5,7,15H,4,6H2,1H3,(H2,14,18). The lowest BCUT2D eigenvalue weighted by molar-refractivity contribution is -0.123. The molecule has 1 aliphatic heterocycles. The number of anilines is 2. The predicted molar refractivity (Wildman–Crippen MR) is 73.3 cm³/mol. The van der Waals surface area contributed by atoms with Crippen LogP contribution in [0.3, 0.4) is 0 Å². The second kappa shape index (κ2) is 4.97. The molecule has 2 rings (SSSR count). The van der Waals surface area contributed by atoms with Crippen molar-refractivity contribution in [3.63, 3.8) is 0 Å². The Balaban J connectivity index is 2.34. The van der Waals surface area contributed by atoms with Gasteiger partial charge in [0.15, 0.2) is 0 Å². The summed E-state index contributed by atoms with van der Waals surface area (Å²) in [4.78, 5) is 24.7. The van der Waals surface area contributed by atoms with Gasteiger partial charge in [0.2, 0.25) is 11.8 Å². The Bertz CT molecular complexity index is 504. The van der Waals surface area contributed by atoms with Crippen molar-refractivity contribution in [3.8, 4) is 0 Å². The van der Waals surface area contributed by atoms with E-state index in [4.69, 9.17) is 5.73 Å². The molecule has 1 heterocycles. The van der Waals surface area contributed by atoms with Crippen LogP contribution in [0.15, 0.2) is 22.7 Å². The van der Waals surface area contributed by atoms with Gasteiger partial charge in [0.25, 0.3) is 0 Å². The molecule has 1 aromatic carbocycles. The minimum atomic E-state index is -0.424. The predicted octanol–water partition coefficient (Wildman–Crippen LogP) is 1.33. The molecule has 0 aromatic heterocycles. The second-order valence-corrected chi connectivity index (χ2v) is 5.13. The van der Waals surface area contributed by atoms with Crippen molar-refractivity contribution in [3.05, 3.63) is 22.7 Å². The number of carbonyl (C=O) groups is 2. The summed E-state index contributed by atoms with van der Waals surface area (Å²) in [6.45, 7) is 0.347. The fourth-order valence-corrected chi connectivity index (χ4v) is 2.42.